The van der Waals surface area contributed by atoms with E-state index < -0.39 is 4.92 Å². The molecular weight excluding hydrogens is 281 g/mol. The molecule has 1 aromatic carbocycles. The first-order chi connectivity index (χ1) is 8.58. The van der Waals surface area contributed by atoms with Gasteiger partial charge in [-0.25, -0.2) is 4.98 Å². The molecule has 6 nitrogen and oxygen atoms in total. The van der Waals surface area contributed by atoms with Crippen LogP contribution in [-0.2, 0) is 0 Å². The van der Waals surface area contributed by atoms with Gasteiger partial charge in [0.25, 0.3) is 0 Å². The summed E-state index contributed by atoms with van der Waals surface area (Å²) in [6.45, 7) is 0. The maximum Gasteiger partial charge on any atom is 0.313 e. The predicted molar refractivity (Wildman–Crippen MR) is 65.2 cm³/mol. The Morgan fingerprint density at radius 1 is 1.28 bits per heavy atom. The molecule has 0 aliphatic carbocycles. The van der Waals surface area contributed by atoms with E-state index in [2.05, 4.69) is 9.97 Å². The summed E-state index contributed by atoms with van der Waals surface area (Å²) in [5.41, 5.74) is -0.253. The maximum absolute atomic E-state index is 10.8. The molecule has 92 valence electrons. The molecule has 2 aromatic rings. The fourth-order valence-electron chi connectivity index (χ4n) is 1.22. The first-order valence-corrected chi connectivity index (χ1v) is 5.43. The van der Waals surface area contributed by atoms with Crippen molar-refractivity contribution in [3.05, 3.63) is 50.9 Å². The standard InChI is InChI=1S/C10H5Cl2N3O3/c11-6-2-1-3-7(15(16)17)9(6)18-8-4-5-13-10(12)14-8/h1-5H. The highest BCUT2D eigenvalue weighted by Crippen LogP contribution is 2.37. The number of halogens is 2. The molecular formula is C10H5Cl2N3O3. The fraction of sp³-hybridized carbons (Fsp3) is 0. The minimum Gasteiger partial charge on any atom is -0.430 e. The lowest BCUT2D eigenvalue weighted by Crippen LogP contribution is -1.95. The molecule has 0 atom stereocenters. The van der Waals surface area contributed by atoms with Gasteiger partial charge in [0.05, 0.1) is 9.95 Å². The monoisotopic (exact) mass is 285 g/mol. The molecule has 0 aliphatic rings. The van der Waals surface area contributed by atoms with Crippen molar-refractivity contribution in [2.45, 2.75) is 0 Å². The zero-order valence-corrected chi connectivity index (χ0v) is 10.2. The molecule has 0 saturated heterocycles. The van der Waals surface area contributed by atoms with Gasteiger partial charge in [0.2, 0.25) is 16.9 Å². The molecule has 1 aromatic heterocycles. The Bertz CT molecular complexity index is 607. The number of hydrogen-bond donors (Lipinski definition) is 0. The molecule has 2 rings (SSSR count). The van der Waals surface area contributed by atoms with Crippen LogP contribution in [0.3, 0.4) is 0 Å². The highest BCUT2D eigenvalue weighted by molar-refractivity contribution is 6.32. The smallest absolute Gasteiger partial charge is 0.313 e. The van der Waals surface area contributed by atoms with E-state index in [1.807, 2.05) is 0 Å². The Hall–Kier alpha value is -1.92. The van der Waals surface area contributed by atoms with Gasteiger partial charge in [-0.05, 0) is 17.7 Å². The lowest BCUT2D eigenvalue weighted by molar-refractivity contribution is -0.385. The van der Waals surface area contributed by atoms with Crippen molar-refractivity contribution < 1.29 is 9.66 Å². The second kappa shape index (κ2) is 5.16. The van der Waals surface area contributed by atoms with Crippen molar-refractivity contribution in [1.82, 2.24) is 9.97 Å². The van der Waals surface area contributed by atoms with E-state index in [0.29, 0.717) is 0 Å². The summed E-state index contributed by atoms with van der Waals surface area (Å²) in [6, 6.07) is 5.63. The zero-order chi connectivity index (χ0) is 13.1. The van der Waals surface area contributed by atoms with Crippen molar-refractivity contribution >= 4 is 28.9 Å². The van der Waals surface area contributed by atoms with Gasteiger partial charge in [0.1, 0.15) is 0 Å². The van der Waals surface area contributed by atoms with Crippen molar-refractivity contribution in [3.63, 3.8) is 0 Å². The third-order valence-corrected chi connectivity index (χ3v) is 2.43. The molecule has 0 saturated carbocycles. The second-order valence-electron chi connectivity index (χ2n) is 3.11. The summed E-state index contributed by atoms with van der Waals surface area (Å²) >= 11 is 11.4. The summed E-state index contributed by atoms with van der Waals surface area (Å²) in [5.74, 6) is -0.00914. The third kappa shape index (κ3) is 2.66. The molecule has 0 bridgehead atoms. The summed E-state index contributed by atoms with van der Waals surface area (Å²) in [7, 11) is 0. The first-order valence-electron chi connectivity index (χ1n) is 4.67. The number of nitro benzene ring substituents is 1. The average molecular weight is 286 g/mol. The number of nitro groups is 1. The molecule has 0 aliphatic heterocycles. The van der Waals surface area contributed by atoms with E-state index >= 15 is 0 Å². The van der Waals surface area contributed by atoms with Crippen molar-refractivity contribution in [2.24, 2.45) is 0 Å². The Morgan fingerprint density at radius 2 is 2.06 bits per heavy atom. The molecule has 0 spiro atoms. The van der Waals surface area contributed by atoms with E-state index in [-0.39, 0.29) is 27.6 Å². The third-order valence-electron chi connectivity index (χ3n) is 1.95. The first kappa shape index (κ1) is 12.5. The van der Waals surface area contributed by atoms with Gasteiger partial charge < -0.3 is 4.74 Å². The van der Waals surface area contributed by atoms with Crippen LogP contribution in [0.25, 0.3) is 0 Å². The molecule has 0 radical (unpaired) electrons. The summed E-state index contributed by atoms with van der Waals surface area (Å²) < 4.78 is 5.27. The Balaban J connectivity index is 2.42. The zero-order valence-electron chi connectivity index (χ0n) is 8.71. The highest BCUT2D eigenvalue weighted by atomic mass is 35.5. The van der Waals surface area contributed by atoms with Crippen LogP contribution in [0.4, 0.5) is 5.69 Å². The lowest BCUT2D eigenvalue weighted by Gasteiger charge is -2.06. The Labute approximate surface area is 111 Å². The summed E-state index contributed by atoms with van der Waals surface area (Å²) in [4.78, 5) is 17.7. The molecule has 0 amide bonds. The van der Waals surface area contributed by atoms with E-state index in [4.69, 9.17) is 27.9 Å². The number of rotatable bonds is 3. The molecule has 8 heteroatoms. The van der Waals surface area contributed by atoms with Crippen LogP contribution in [0.1, 0.15) is 0 Å². The topological polar surface area (TPSA) is 78.2 Å². The Morgan fingerprint density at radius 3 is 2.72 bits per heavy atom. The van der Waals surface area contributed by atoms with E-state index in [9.17, 15) is 10.1 Å². The maximum atomic E-state index is 10.8. The number of benzene rings is 1. The van der Waals surface area contributed by atoms with Crippen LogP contribution >= 0.6 is 23.2 Å². The number of aromatic nitrogens is 2. The quantitative estimate of drug-likeness (QED) is 0.490. The molecule has 0 unspecified atom stereocenters. The minimum atomic E-state index is -0.593. The van der Waals surface area contributed by atoms with Crippen molar-refractivity contribution in [2.75, 3.05) is 0 Å². The van der Waals surface area contributed by atoms with Crippen LogP contribution < -0.4 is 4.74 Å². The van der Waals surface area contributed by atoms with Gasteiger partial charge >= 0.3 is 5.69 Å². The SMILES string of the molecule is O=[N+]([O-])c1cccc(Cl)c1Oc1ccnc(Cl)n1. The molecule has 1 heterocycles. The van der Waals surface area contributed by atoms with Crippen LogP contribution in [0.2, 0.25) is 10.3 Å². The van der Waals surface area contributed by atoms with Gasteiger partial charge in [-0.15, -0.1) is 0 Å². The largest absolute Gasteiger partial charge is 0.430 e. The number of hydrogen-bond acceptors (Lipinski definition) is 5. The van der Waals surface area contributed by atoms with Gasteiger partial charge in [-0.1, -0.05) is 17.7 Å². The van der Waals surface area contributed by atoms with Crippen LogP contribution in [-0.4, -0.2) is 14.9 Å². The van der Waals surface area contributed by atoms with Crippen LogP contribution in [0, 0.1) is 10.1 Å². The number of ether oxygens (including phenoxy) is 1. The van der Waals surface area contributed by atoms with Gasteiger partial charge in [-0.2, -0.15) is 4.98 Å². The van der Waals surface area contributed by atoms with Gasteiger partial charge in [0, 0.05) is 18.3 Å². The normalized spacial score (nSPS) is 10.1. The van der Waals surface area contributed by atoms with Crippen molar-refractivity contribution in [3.8, 4) is 11.6 Å². The summed E-state index contributed by atoms with van der Waals surface area (Å²) in [6.07, 6.45) is 1.37. The number of nitrogens with zero attached hydrogens (tertiary/aromatic N) is 3. The molecule has 18 heavy (non-hydrogen) atoms. The van der Waals surface area contributed by atoms with Crippen LogP contribution in [0.5, 0.6) is 11.6 Å². The van der Waals surface area contributed by atoms with E-state index in [1.54, 1.807) is 0 Å². The van der Waals surface area contributed by atoms with Gasteiger partial charge in [0.15, 0.2) is 0 Å². The number of para-hydroxylation sites is 1. The van der Waals surface area contributed by atoms with E-state index in [1.165, 1.54) is 30.5 Å². The summed E-state index contributed by atoms with van der Waals surface area (Å²) in [5, 5.41) is 10.9. The van der Waals surface area contributed by atoms with Crippen LogP contribution in [0.15, 0.2) is 30.5 Å². The average Bonchev–Trinajstić information content (AvgIpc) is 2.31. The Kier molecular flexibility index (Phi) is 3.59. The lowest BCUT2D eigenvalue weighted by atomic mass is 10.3. The predicted octanol–water partition coefficient (Wildman–Crippen LogP) is 3.48. The molecule has 0 N–H and O–H groups in total. The van der Waals surface area contributed by atoms with Crippen molar-refractivity contribution in [1.29, 1.82) is 0 Å². The highest BCUT2D eigenvalue weighted by Gasteiger charge is 2.19. The minimum absolute atomic E-state index is 0.0257. The molecule has 0 fully saturated rings. The van der Waals surface area contributed by atoms with E-state index in [0.717, 1.165) is 0 Å². The van der Waals surface area contributed by atoms with Gasteiger partial charge in [-0.3, -0.25) is 10.1 Å². The second-order valence-corrected chi connectivity index (χ2v) is 3.86. The fourth-order valence-corrected chi connectivity index (χ4v) is 1.57.